The third-order valence-corrected chi connectivity index (χ3v) is 7.14. The molecule has 3 heteroatoms. The van der Waals surface area contributed by atoms with E-state index in [1.54, 1.807) is 0 Å². The molecule has 0 N–H and O–H groups in total. The van der Waals surface area contributed by atoms with E-state index in [-0.39, 0.29) is 0 Å². The molecule has 0 aliphatic carbocycles. The molecule has 0 aliphatic rings. The quantitative estimate of drug-likeness (QED) is 0.202. The van der Waals surface area contributed by atoms with Crippen molar-refractivity contribution in [2.75, 3.05) is 0 Å². The highest BCUT2D eigenvalue weighted by Gasteiger charge is 2.12. The summed E-state index contributed by atoms with van der Waals surface area (Å²) in [5.74, 6) is 0. The Morgan fingerprint density at radius 1 is 0.515 bits per heavy atom. The predicted molar refractivity (Wildman–Crippen MR) is 146 cm³/mol. The number of para-hydroxylation sites is 2. The molecule has 0 radical (unpaired) electrons. The van der Waals surface area contributed by atoms with Gasteiger partial charge in [0.05, 0.1) is 11.0 Å². The molecule has 0 unspecified atom stereocenters. The number of fused-ring (bicyclic) bond motifs is 6. The molecule has 33 heavy (non-hydrogen) atoms. The lowest BCUT2D eigenvalue weighted by molar-refractivity contribution is 0.669. The Morgan fingerprint density at radius 3 is 1.79 bits per heavy atom. The monoisotopic (exact) mass is 535 g/mol. The second-order valence-corrected chi connectivity index (χ2v) is 9.62. The Morgan fingerprint density at radius 2 is 1.09 bits per heavy atom. The molecule has 2 aromatic heterocycles. The first-order valence-electron chi connectivity index (χ1n) is 11.0. The number of rotatable bonds is 2. The Labute approximate surface area is 204 Å². The third-order valence-electron chi connectivity index (χ3n) is 6.47. The molecule has 0 bridgehead atoms. The summed E-state index contributed by atoms with van der Waals surface area (Å²) in [6.45, 7) is 0. The van der Waals surface area contributed by atoms with E-state index in [0.29, 0.717) is 0 Å². The lowest BCUT2D eigenvalue weighted by Crippen LogP contribution is -1.93. The van der Waals surface area contributed by atoms with E-state index < -0.39 is 0 Å². The summed E-state index contributed by atoms with van der Waals surface area (Å²) < 4.78 is 9.60. The van der Waals surface area contributed by atoms with Gasteiger partial charge in [0.2, 0.25) is 0 Å². The number of hydrogen-bond acceptors (Lipinski definition) is 1. The van der Waals surface area contributed by atoms with Gasteiger partial charge in [-0.05, 0) is 88.3 Å². The van der Waals surface area contributed by atoms with Crippen molar-refractivity contribution in [3.05, 3.63) is 113 Å². The van der Waals surface area contributed by atoms with Crippen LogP contribution in [0.5, 0.6) is 0 Å². The lowest BCUT2D eigenvalue weighted by Gasteiger charge is -2.09. The minimum atomic E-state index is 0.928. The van der Waals surface area contributed by atoms with Gasteiger partial charge in [0.15, 0.2) is 0 Å². The Bertz CT molecular complexity index is 1770. The molecule has 0 fully saturated rings. The summed E-state index contributed by atoms with van der Waals surface area (Å²) in [5.41, 5.74) is 7.88. The Hall–Kier alpha value is -3.57. The lowest BCUT2D eigenvalue weighted by atomic mass is 10.0. The van der Waals surface area contributed by atoms with Gasteiger partial charge in [-0.15, -0.1) is 0 Å². The predicted octanol–water partition coefficient (Wildman–Crippen LogP) is 8.95. The molecule has 0 aliphatic heterocycles. The standard InChI is InChI=1S/C30H18INO/c31-21-12-16-30-26(18-21)25-17-20(11-15-29(25)33-30)19-9-13-22(14-10-19)32-27-7-3-1-5-23(27)24-6-2-4-8-28(24)32/h1-18H. The Balaban J connectivity index is 1.37. The van der Waals surface area contributed by atoms with Crippen molar-refractivity contribution >= 4 is 66.3 Å². The topological polar surface area (TPSA) is 18.1 Å². The minimum absolute atomic E-state index is 0.928. The van der Waals surface area contributed by atoms with Crippen LogP contribution in [0.25, 0.3) is 60.6 Å². The second-order valence-electron chi connectivity index (χ2n) is 8.37. The molecule has 2 heterocycles. The van der Waals surface area contributed by atoms with Crippen LogP contribution < -0.4 is 0 Å². The van der Waals surface area contributed by atoms with Gasteiger partial charge in [0.1, 0.15) is 11.2 Å². The molecule has 156 valence electrons. The van der Waals surface area contributed by atoms with Crippen LogP contribution in [0.3, 0.4) is 0 Å². The van der Waals surface area contributed by atoms with Gasteiger partial charge in [-0.2, -0.15) is 0 Å². The van der Waals surface area contributed by atoms with Crippen LogP contribution in [0.1, 0.15) is 0 Å². The number of halogens is 1. The number of furan rings is 1. The highest BCUT2D eigenvalue weighted by atomic mass is 127. The molecule has 0 spiro atoms. The zero-order valence-electron chi connectivity index (χ0n) is 17.6. The molecule has 2 nitrogen and oxygen atoms in total. The molecule has 0 saturated carbocycles. The largest absolute Gasteiger partial charge is 0.456 e. The summed E-state index contributed by atoms with van der Waals surface area (Å²) >= 11 is 2.35. The average Bonchev–Trinajstić information content (AvgIpc) is 3.39. The van der Waals surface area contributed by atoms with Crippen LogP contribution in [0.15, 0.2) is 114 Å². The van der Waals surface area contributed by atoms with E-state index in [0.717, 1.165) is 16.6 Å². The minimum Gasteiger partial charge on any atom is -0.456 e. The van der Waals surface area contributed by atoms with Crippen molar-refractivity contribution in [2.45, 2.75) is 0 Å². The van der Waals surface area contributed by atoms with Crippen LogP contribution in [0, 0.1) is 3.57 Å². The van der Waals surface area contributed by atoms with E-state index in [1.807, 2.05) is 0 Å². The molecule has 0 amide bonds. The van der Waals surface area contributed by atoms with Crippen LogP contribution in [-0.4, -0.2) is 4.57 Å². The van der Waals surface area contributed by atoms with Crippen molar-refractivity contribution in [3.63, 3.8) is 0 Å². The first-order valence-corrected chi connectivity index (χ1v) is 12.0. The fraction of sp³-hybridized carbons (Fsp3) is 0. The van der Waals surface area contributed by atoms with E-state index in [9.17, 15) is 0 Å². The van der Waals surface area contributed by atoms with Crippen molar-refractivity contribution in [2.24, 2.45) is 0 Å². The van der Waals surface area contributed by atoms with E-state index in [4.69, 9.17) is 4.42 Å². The number of benzene rings is 5. The zero-order valence-corrected chi connectivity index (χ0v) is 19.8. The highest BCUT2D eigenvalue weighted by molar-refractivity contribution is 14.1. The number of aromatic nitrogens is 1. The highest BCUT2D eigenvalue weighted by Crippen LogP contribution is 2.35. The third kappa shape index (κ3) is 2.92. The maximum atomic E-state index is 6.04. The first-order chi connectivity index (χ1) is 16.3. The average molecular weight is 535 g/mol. The fourth-order valence-electron chi connectivity index (χ4n) is 4.93. The van der Waals surface area contributed by atoms with Gasteiger partial charge in [0.25, 0.3) is 0 Å². The summed E-state index contributed by atoms with van der Waals surface area (Å²) in [5, 5.41) is 4.89. The van der Waals surface area contributed by atoms with Crippen molar-refractivity contribution in [3.8, 4) is 16.8 Å². The number of nitrogens with zero attached hydrogens (tertiary/aromatic N) is 1. The molecule has 0 atom stereocenters. The summed E-state index contributed by atoms with van der Waals surface area (Å²) in [7, 11) is 0. The van der Waals surface area contributed by atoms with Crippen molar-refractivity contribution in [1.29, 1.82) is 0 Å². The van der Waals surface area contributed by atoms with Gasteiger partial charge >= 0.3 is 0 Å². The molecule has 5 aromatic carbocycles. The van der Waals surface area contributed by atoms with Crippen LogP contribution in [-0.2, 0) is 0 Å². The molecular weight excluding hydrogens is 517 g/mol. The summed E-state index contributed by atoms with van der Waals surface area (Å²) in [6.07, 6.45) is 0. The molecule has 7 aromatic rings. The maximum absolute atomic E-state index is 6.04. The van der Waals surface area contributed by atoms with Gasteiger partial charge in [-0.25, -0.2) is 0 Å². The van der Waals surface area contributed by atoms with Crippen molar-refractivity contribution < 1.29 is 4.42 Å². The van der Waals surface area contributed by atoms with Gasteiger partial charge in [-0.1, -0.05) is 54.6 Å². The van der Waals surface area contributed by atoms with Crippen molar-refractivity contribution in [1.82, 2.24) is 4.57 Å². The fourth-order valence-corrected chi connectivity index (χ4v) is 5.42. The number of hydrogen-bond donors (Lipinski definition) is 0. The van der Waals surface area contributed by atoms with E-state index in [2.05, 4.69) is 136 Å². The molecule has 7 rings (SSSR count). The second kappa shape index (κ2) is 7.22. The van der Waals surface area contributed by atoms with Crippen LogP contribution in [0.2, 0.25) is 0 Å². The maximum Gasteiger partial charge on any atom is 0.135 e. The molecular formula is C30H18INO. The summed E-state index contributed by atoms with van der Waals surface area (Å²) in [6, 6.07) is 38.9. The van der Waals surface area contributed by atoms with E-state index in [1.165, 1.54) is 47.6 Å². The van der Waals surface area contributed by atoms with Gasteiger partial charge in [-0.3, -0.25) is 0 Å². The summed E-state index contributed by atoms with van der Waals surface area (Å²) in [4.78, 5) is 0. The smallest absolute Gasteiger partial charge is 0.135 e. The SMILES string of the molecule is Ic1ccc2oc3ccc(-c4ccc(-n5c6ccccc6c6ccccc65)cc4)cc3c2c1. The van der Waals surface area contributed by atoms with E-state index >= 15 is 0 Å². The van der Waals surface area contributed by atoms with Crippen LogP contribution in [0.4, 0.5) is 0 Å². The first kappa shape index (κ1) is 18.9. The van der Waals surface area contributed by atoms with Gasteiger partial charge < -0.3 is 8.98 Å². The zero-order chi connectivity index (χ0) is 21.9. The molecule has 0 saturated heterocycles. The van der Waals surface area contributed by atoms with Crippen LogP contribution >= 0.6 is 22.6 Å². The Kier molecular flexibility index (Phi) is 4.15. The normalized spacial score (nSPS) is 11.8. The van der Waals surface area contributed by atoms with Gasteiger partial charge in [0, 0.05) is 30.8 Å².